The molecule has 0 spiro atoms. The zero-order chi connectivity index (χ0) is 21.8. The minimum absolute atomic E-state index is 0.224. The number of ether oxygens (including phenoxy) is 1. The van der Waals surface area contributed by atoms with Crippen molar-refractivity contribution < 1.29 is 22.7 Å². The van der Waals surface area contributed by atoms with Crippen LogP contribution in [-0.2, 0) is 17.3 Å². The monoisotopic (exact) mass is 432 g/mol. The molecule has 2 aliphatic rings. The van der Waals surface area contributed by atoms with Crippen LogP contribution >= 0.6 is 0 Å². The molecular formula is C24H27F3N2O2. The van der Waals surface area contributed by atoms with Gasteiger partial charge in [-0.1, -0.05) is 42.8 Å². The number of amides is 1. The van der Waals surface area contributed by atoms with Crippen LogP contribution in [0.25, 0.3) is 0 Å². The highest BCUT2D eigenvalue weighted by Gasteiger charge is 2.35. The lowest BCUT2D eigenvalue weighted by Gasteiger charge is -2.36. The number of nitrogens with zero attached hydrogens (tertiary/aromatic N) is 2. The van der Waals surface area contributed by atoms with E-state index < -0.39 is 17.8 Å². The molecule has 166 valence electrons. The fourth-order valence-electron chi connectivity index (χ4n) is 4.51. The van der Waals surface area contributed by atoms with Gasteiger partial charge in [-0.25, -0.2) is 4.79 Å². The Morgan fingerprint density at radius 1 is 1.03 bits per heavy atom. The molecule has 2 saturated heterocycles. The van der Waals surface area contributed by atoms with Crippen LogP contribution < -0.4 is 4.90 Å². The molecule has 0 saturated carbocycles. The number of cyclic esters (lactones) is 1. The van der Waals surface area contributed by atoms with Gasteiger partial charge in [0.15, 0.2) is 0 Å². The molecule has 4 nitrogen and oxygen atoms in total. The Balaban J connectivity index is 1.35. The lowest BCUT2D eigenvalue weighted by molar-refractivity contribution is -0.137. The molecule has 0 bridgehead atoms. The summed E-state index contributed by atoms with van der Waals surface area (Å²) >= 11 is 0. The topological polar surface area (TPSA) is 32.8 Å². The van der Waals surface area contributed by atoms with Crippen LogP contribution in [0.1, 0.15) is 36.8 Å². The second-order valence-electron chi connectivity index (χ2n) is 8.33. The van der Waals surface area contributed by atoms with E-state index >= 15 is 0 Å². The summed E-state index contributed by atoms with van der Waals surface area (Å²) < 4.78 is 44.5. The second kappa shape index (κ2) is 9.30. The highest BCUT2D eigenvalue weighted by molar-refractivity contribution is 5.89. The van der Waals surface area contributed by atoms with Crippen LogP contribution in [0.4, 0.5) is 23.7 Å². The zero-order valence-electron chi connectivity index (χ0n) is 17.4. The predicted molar refractivity (Wildman–Crippen MR) is 113 cm³/mol. The summed E-state index contributed by atoms with van der Waals surface area (Å²) in [6.45, 7) is 2.11. The smallest absolute Gasteiger partial charge is 0.416 e. The average molecular weight is 432 g/mol. The molecule has 4 rings (SSSR count). The van der Waals surface area contributed by atoms with Crippen LogP contribution in [-0.4, -0.2) is 42.8 Å². The number of hydrogen-bond acceptors (Lipinski definition) is 3. The molecule has 0 aliphatic carbocycles. The van der Waals surface area contributed by atoms with Gasteiger partial charge in [0.1, 0.15) is 6.10 Å². The van der Waals surface area contributed by atoms with Gasteiger partial charge in [0.25, 0.3) is 0 Å². The number of carbonyl (C=O) groups excluding carboxylic acids is 1. The van der Waals surface area contributed by atoms with Gasteiger partial charge in [0.2, 0.25) is 0 Å². The summed E-state index contributed by atoms with van der Waals surface area (Å²) in [4.78, 5) is 16.1. The van der Waals surface area contributed by atoms with Crippen LogP contribution in [0.5, 0.6) is 0 Å². The number of benzene rings is 2. The van der Waals surface area contributed by atoms with E-state index in [2.05, 4.69) is 29.2 Å². The molecule has 7 heteroatoms. The minimum atomic E-state index is -4.44. The lowest BCUT2D eigenvalue weighted by atomic mass is 9.95. The zero-order valence-corrected chi connectivity index (χ0v) is 17.4. The van der Waals surface area contributed by atoms with Gasteiger partial charge in [-0.3, -0.25) is 9.80 Å². The van der Waals surface area contributed by atoms with Gasteiger partial charge in [-0.15, -0.1) is 0 Å². The maximum Gasteiger partial charge on any atom is 0.416 e. The highest BCUT2D eigenvalue weighted by atomic mass is 19.4. The summed E-state index contributed by atoms with van der Waals surface area (Å²) in [5, 5.41) is 0. The van der Waals surface area contributed by atoms with Crippen LogP contribution in [0.3, 0.4) is 0 Å². The van der Waals surface area contributed by atoms with Crippen molar-refractivity contribution in [1.82, 2.24) is 4.90 Å². The third kappa shape index (κ3) is 5.39. The van der Waals surface area contributed by atoms with Gasteiger partial charge in [0, 0.05) is 18.3 Å². The summed E-state index contributed by atoms with van der Waals surface area (Å²) in [5.41, 5.74) is 0.781. The molecule has 31 heavy (non-hydrogen) atoms. The van der Waals surface area contributed by atoms with Crippen molar-refractivity contribution >= 4 is 11.8 Å². The van der Waals surface area contributed by atoms with Crippen molar-refractivity contribution in [3.05, 3.63) is 65.7 Å². The molecule has 1 amide bonds. The molecule has 0 aromatic heterocycles. The standard InChI is InChI=1S/C24H27F3N2O2/c25-24(26,27)19-9-6-11-21(16-19)29-17-22(31-23(29)30)12-14-28-13-5-4-10-20(28)15-18-7-2-1-3-8-18/h1-3,6-9,11,16,20,22H,4-5,10,12-15,17H2. The Kier molecular flexibility index (Phi) is 6.51. The van der Waals surface area contributed by atoms with Crippen molar-refractivity contribution in [3.63, 3.8) is 0 Å². The maximum atomic E-state index is 13.0. The Morgan fingerprint density at radius 3 is 2.61 bits per heavy atom. The molecule has 2 fully saturated rings. The second-order valence-corrected chi connectivity index (χ2v) is 8.33. The normalized spacial score (nSPS) is 22.5. The van der Waals surface area contributed by atoms with Gasteiger partial charge < -0.3 is 4.74 Å². The van der Waals surface area contributed by atoms with Crippen LogP contribution in [0, 0.1) is 0 Å². The number of carbonyl (C=O) groups is 1. The first kappa shape index (κ1) is 21.7. The third-order valence-corrected chi connectivity index (χ3v) is 6.16. The number of likely N-dealkylation sites (tertiary alicyclic amines) is 1. The first-order valence-electron chi connectivity index (χ1n) is 10.8. The average Bonchev–Trinajstić information content (AvgIpc) is 3.14. The number of piperidine rings is 1. The molecular weight excluding hydrogens is 405 g/mol. The molecule has 0 radical (unpaired) electrons. The minimum Gasteiger partial charge on any atom is -0.444 e. The Labute approximate surface area is 180 Å². The first-order valence-corrected chi connectivity index (χ1v) is 10.8. The van der Waals surface area contributed by atoms with Crippen molar-refractivity contribution in [3.8, 4) is 0 Å². The fourth-order valence-corrected chi connectivity index (χ4v) is 4.51. The van der Waals surface area contributed by atoms with Gasteiger partial charge in [-0.05, 0) is 56.0 Å². The Bertz CT molecular complexity index is 888. The quantitative estimate of drug-likeness (QED) is 0.603. The number of anilines is 1. The number of halogens is 3. The van der Waals surface area contributed by atoms with Gasteiger partial charge in [0.05, 0.1) is 12.1 Å². The van der Waals surface area contributed by atoms with Crippen molar-refractivity contribution in [1.29, 1.82) is 0 Å². The molecule has 0 N–H and O–H groups in total. The van der Waals surface area contributed by atoms with E-state index in [0.29, 0.717) is 12.5 Å². The summed E-state index contributed by atoms with van der Waals surface area (Å²) in [6, 6.07) is 15.7. The lowest BCUT2D eigenvalue weighted by Crippen LogP contribution is -2.42. The van der Waals surface area contributed by atoms with Crippen molar-refractivity contribution in [2.45, 2.75) is 50.4 Å². The van der Waals surface area contributed by atoms with Gasteiger partial charge in [-0.2, -0.15) is 13.2 Å². The molecule has 2 heterocycles. The van der Waals surface area contributed by atoms with Crippen molar-refractivity contribution in [2.75, 3.05) is 24.5 Å². The van der Waals surface area contributed by atoms with E-state index in [-0.39, 0.29) is 18.3 Å². The molecule has 2 aromatic rings. The number of alkyl halides is 3. The van der Waals surface area contributed by atoms with E-state index in [1.165, 1.54) is 29.0 Å². The Hall–Kier alpha value is -2.54. The van der Waals surface area contributed by atoms with E-state index in [4.69, 9.17) is 4.74 Å². The Morgan fingerprint density at radius 2 is 1.84 bits per heavy atom. The van der Waals surface area contributed by atoms with Crippen LogP contribution in [0.15, 0.2) is 54.6 Å². The number of hydrogen-bond donors (Lipinski definition) is 0. The highest BCUT2D eigenvalue weighted by Crippen LogP contribution is 2.33. The summed E-state index contributed by atoms with van der Waals surface area (Å²) in [6.07, 6.45) is -0.141. The summed E-state index contributed by atoms with van der Waals surface area (Å²) in [5.74, 6) is 0. The van der Waals surface area contributed by atoms with Crippen LogP contribution in [0.2, 0.25) is 0 Å². The molecule has 2 aliphatic heterocycles. The van der Waals surface area contributed by atoms with E-state index in [9.17, 15) is 18.0 Å². The fraction of sp³-hybridized carbons (Fsp3) is 0.458. The molecule has 2 unspecified atom stereocenters. The molecule has 2 aromatic carbocycles. The van der Waals surface area contributed by atoms with E-state index in [1.54, 1.807) is 0 Å². The third-order valence-electron chi connectivity index (χ3n) is 6.16. The largest absolute Gasteiger partial charge is 0.444 e. The van der Waals surface area contributed by atoms with Crippen molar-refractivity contribution in [2.24, 2.45) is 0 Å². The van der Waals surface area contributed by atoms with E-state index in [1.807, 2.05) is 6.07 Å². The summed E-state index contributed by atoms with van der Waals surface area (Å²) in [7, 11) is 0. The predicted octanol–water partition coefficient (Wildman–Crippen LogP) is 5.52. The molecule has 2 atom stereocenters. The maximum absolute atomic E-state index is 13.0. The first-order chi connectivity index (χ1) is 14.9. The van der Waals surface area contributed by atoms with Gasteiger partial charge >= 0.3 is 12.3 Å². The van der Waals surface area contributed by atoms with E-state index in [0.717, 1.165) is 44.5 Å². The SMILES string of the molecule is O=C1OC(CCN2CCCCC2Cc2ccccc2)CN1c1cccc(C(F)(F)F)c1. The number of rotatable bonds is 6.